The van der Waals surface area contributed by atoms with Gasteiger partial charge < -0.3 is 14.8 Å². The van der Waals surface area contributed by atoms with E-state index in [-0.39, 0.29) is 29.8 Å². The first-order chi connectivity index (χ1) is 19.9. The summed E-state index contributed by atoms with van der Waals surface area (Å²) in [5, 5.41) is 6.49. The summed E-state index contributed by atoms with van der Waals surface area (Å²) < 4.78 is 26.0. The number of nitrogens with zero attached hydrogens (tertiary/aromatic N) is 1. The number of Topliss-reactive ketones (excluding diaryl/α,β-unsaturated/α-hetero) is 1. The topological polar surface area (TPSA) is 77.5 Å². The highest BCUT2D eigenvalue weighted by Crippen LogP contribution is 2.42. The zero-order valence-corrected chi connectivity index (χ0v) is 24.2. The molecule has 0 aliphatic carbocycles. The number of aromatic nitrogens is 1. The first kappa shape index (κ1) is 27.9. The fourth-order valence-corrected chi connectivity index (χ4v) is 7.32. The van der Waals surface area contributed by atoms with Gasteiger partial charge in [-0.15, -0.1) is 11.8 Å². The molecule has 4 aromatic rings. The number of rotatable bonds is 7. The van der Waals surface area contributed by atoms with Gasteiger partial charge in [-0.2, -0.15) is 11.3 Å². The van der Waals surface area contributed by atoms with Crippen molar-refractivity contribution in [1.82, 2.24) is 10.3 Å². The largest absolute Gasteiger partial charge is 0.439 e. The molecule has 6 rings (SSSR count). The minimum atomic E-state index is -1.17. The van der Waals surface area contributed by atoms with Gasteiger partial charge in [0.2, 0.25) is 11.8 Å². The minimum Gasteiger partial charge on any atom is -0.439 e. The SMILES string of the molecule is O=C1CC(c2ccsc2)(c2cccc(Oc3ccc(F)cc3C3CCOCC3)n2)NC(=O)C1Sc1ccccc1Cl. The van der Waals surface area contributed by atoms with E-state index in [1.807, 2.05) is 22.9 Å². The van der Waals surface area contributed by atoms with Gasteiger partial charge in [0.25, 0.3) is 0 Å². The van der Waals surface area contributed by atoms with Crippen molar-refractivity contribution >= 4 is 46.4 Å². The van der Waals surface area contributed by atoms with Gasteiger partial charge in [0.1, 0.15) is 22.4 Å². The second kappa shape index (κ2) is 11.9. The molecule has 0 spiro atoms. The van der Waals surface area contributed by atoms with Gasteiger partial charge in [-0.25, -0.2) is 9.37 Å². The highest BCUT2D eigenvalue weighted by Gasteiger charge is 2.48. The number of thioether (sulfide) groups is 1. The normalized spacial score (nSPS) is 21.5. The van der Waals surface area contributed by atoms with Gasteiger partial charge in [-0.1, -0.05) is 29.8 Å². The van der Waals surface area contributed by atoms with Crippen LogP contribution in [0.2, 0.25) is 5.02 Å². The number of pyridine rings is 1. The van der Waals surface area contributed by atoms with E-state index >= 15 is 0 Å². The second-order valence-electron chi connectivity index (χ2n) is 10.0. The molecule has 2 aliphatic heterocycles. The van der Waals surface area contributed by atoms with Crippen LogP contribution in [0.1, 0.15) is 42.0 Å². The van der Waals surface area contributed by atoms with Gasteiger partial charge in [0.15, 0.2) is 5.78 Å². The molecular weight excluding hydrogens is 583 g/mol. The molecule has 210 valence electrons. The number of carbonyl (C=O) groups is 2. The number of carbonyl (C=O) groups excluding carboxylic acids is 2. The Hall–Kier alpha value is -3.24. The summed E-state index contributed by atoms with van der Waals surface area (Å²) in [7, 11) is 0. The predicted molar refractivity (Wildman–Crippen MR) is 157 cm³/mol. The number of halogens is 2. The molecule has 2 aromatic heterocycles. The zero-order chi connectivity index (χ0) is 28.4. The van der Waals surface area contributed by atoms with Crippen molar-refractivity contribution in [3.05, 3.63) is 105 Å². The third-order valence-corrected chi connectivity index (χ3v) is 9.86. The predicted octanol–water partition coefficient (Wildman–Crippen LogP) is 7.12. The molecule has 41 heavy (non-hydrogen) atoms. The molecule has 2 aromatic carbocycles. The Balaban J connectivity index is 1.32. The van der Waals surface area contributed by atoms with Crippen LogP contribution in [0.4, 0.5) is 4.39 Å². The summed E-state index contributed by atoms with van der Waals surface area (Å²) in [5.41, 5.74) is 0.844. The van der Waals surface area contributed by atoms with E-state index in [2.05, 4.69) is 5.32 Å². The molecule has 1 amide bonds. The molecule has 0 radical (unpaired) electrons. The fourth-order valence-electron chi connectivity index (χ4n) is 5.35. The monoisotopic (exact) mass is 608 g/mol. The third kappa shape index (κ3) is 5.77. The van der Waals surface area contributed by atoms with Crippen molar-refractivity contribution < 1.29 is 23.5 Å². The van der Waals surface area contributed by atoms with Gasteiger partial charge in [0, 0.05) is 36.2 Å². The zero-order valence-electron chi connectivity index (χ0n) is 21.8. The maximum Gasteiger partial charge on any atom is 0.242 e. The van der Waals surface area contributed by atoms with Crippen LogP contribution in [0.15, 0.2) is 82.4 Å². The van der Waals surface area contributed by atoms with Crippen molar-refractivity contribution in [2.45, 2.75) is 40.9 Å². The Morgan fingerprint density at radius 1 is 1.07 bits per heavy atom. The van der Waals surface area contributed by atoms with E-state index in [1.165, 1.54) is 23.5 Å². The number of ether oxygens (including phenoxy) is 2. The van der Waals surface area contributed by atoms with E-state index in [9.17, 15) is 14.0 Å². The fraction of sp³-hybridized carbons (Fsp3) is 0.258. The Labute approximate surface area is 250 Å². The van der Waals surface area contributed by atoms with Crippen molar-refractivity contribution in [1.29, 1.82) is 0 Å². The average Bonchev–Trinajstić information content (AvgIpc) is 3.53. The summed E-state index contributed by atoms with van der Waals surface area (Å²) in [6.07, 6.45) is 1.56. The third-order valence-electron chi connectivity index (χ3n) is 7.41. The molecule has 0 saturated carbocycles. The molecule has 2 fully saturated rings. The lowest BCUT2D eigenvalue weighted by molar-refractivity contribution is -0.133. The number of hydrogen-bond acceptors (Lipinski definition) is 7. The van der Waals surface area contributed by atoms with Crippen molar-refractivity contribution in [3.63, 3.8) is 0 Å². The lowest BCUT2D eigenvalue weighted by Crippen LogP contribution is -2.58. The molecule has 2 saturated heterocycles. The molecular formula is C31H26ClFN2O4S2. The van der Waals surface area contributed by atoms with Crippen LogP contribution in [0.25, 0.3) is 0 Å². The standard InChI is InChI=1S/C31H26ClFN2O4S2/c32-23-4-1-2-5-26(23)41-29-24(36)17-31(35-30(29)37,20-12-15-40-18-20)27-6-3-7-28(34-27)39-25-9-8-21(33)16-22(25)19-10-13-38-14-11-19/h1-9,12,15-16,18-19,29H,10-11,13-14,17H2,(H,35,37). The van der Waals surface area contributed by atoms with E-state index in [1.54, 1.807) is 42.5 Å². The summed E-state index contributed by atoms with van der Waals surface area (Å²) in [5.74, 6) is -0.0508. The van der Waals surface area contributed by atoms with E-state index < -0.39 is 16.7 Å². The van der Waals surface area contributed by atoms with Crippen molar-refractivity contribution in [2.75, 3.05) is 13.2 Å². The molecule has 1 N–H and O–H groups in total. The number of benzene rings is 2. The molecule has 2 atom stereocenters. The smallest absolute Gasteiger partial charge is 0.242 e. The van der Waals surface area contributed by atoms with Crippen LogP contribution in [0, 0.1) is 5.82 Å². The molecule has 6 nitrogen and oxygen atoms in total. The molecule has 4 heterocycles. The Morgan fingerprint density at radius 2 is 1.90 bits per heavy atom. The van der Waals surface area contributed by atoms with Crippen LogP contribution < -0.4 is 10.1 Å². The number of ketones is 1. The van der Waals surface area contributed by atoms with Gasteiger partial charge in [0.05, 0.1) is 10.7 Å². The summed E-state index contributed by atoms with van der Waals surface area (Å²) in [6, 6.07) is 18.8. The van der Waals surface area contributed by atoms with Gasteiger partial charge in [-0.05, 0) is 77.5 Å². The van der Waals surface area contributed by atoms with Crippen LogP contribution in [-0.2, 0) is 19.9 Å². The van der Waals surface area contributed by atoms with Crippen LogP contribution in [-0.4, -0.2) is 35.1 Å². The number of thiophene rings is 1. The van der Waals surface area contributed by atoms with Crippen LogP contribution in [0.5, 0.6) is 11.6 Å². The lowest BCUT2D eigenvalue weighted by Gasteiger charge is -2.39. The quantitative estimate of drug-likeness (QED) is 0.225. The first-order valence-electron chi connectivity index (χ1n) is 13.2. The second-order valence-corrected chi connectivity index (χ2v) is 12.3. The number of nitrogens with one attached hydrogen (secondary N) is 1. The number of piperidine rings is 1. The van der Waals surface area contributed by atoms with Crippen molar-refractivity contribution in [3.8, 4) is 11.6 Å². The molecule has 2 aliphatic rings. The molecule has 0 bridgehead atoms. The highest BCUT2D eigenvalue weighted by molar-refractivity contribution is 8.01. The van der Waals surface area contributed by atoms with Crippen LogP contribution in [0.3, 0.4) is 0 Å². The lowest BCUT2D eigenvalue weighted by atomic mass is 9.79. The molecule has 2 unspecified atom stereocenters. The Bertz CT molecular complexity index is 1560. The number of hydrogen-bond donors (Lipinski definition) is 1. The maximum absolute atomic E-state index is 14.2. The van der Waals surface area contributed by atoms with Crippen LogP contribution >= 0.6 is 34.7 Å². The Morgan fingerprint density at radius 3 is 2.66 bits per heavy atom. The summed E-state index contributed by atoms with van der Waals surface area (Å²) >= 11 is 8.93. The first-order valence-corrected chi connectivity index (χ1v) is 15.4. The van der Waals surface area contributed by atoms with E-state index in [0.29, 0.717) is 34.6 Å². The highest BCUT2D eigenvalue weighted by atomic mass is 35.5. The summed E-state index contributed by atoms with van der Waals surface area (Å²) in [4.78, 5) is 32.6. The van der Waals surface area contributed by atoms with Gasteiger partial charge >= 0.3 is 0 Å². The molecule has 10 heteroatoms. The van der Waals surface area contributed by atoms with E-state index in [0.717, 1.165) is 35.7 Å². The Kier molecular flexibility index (Phi) is 8.12. The van der Waals surface area contributed by atoms with Crippen molar-refractivity contribution in [2.24, 2.45) is 0 Å². The van der Waals surface area contributed by atoms with Gasteiger partial charge in [-0.3, -0.25) is 9.59 Å². The number of amides is 1. The average molecular weight is 609 g/mol. The summed E-state index contributed by atoms with van der Waals surface area (Å²) in [6.45, 7) is 1.22. The van der Waals surface area contributed by atoms with E-state index in [4.69, 9.17) is 26.1 Å². The minimum absolute atomic E-state index is 0.0118. The maximum atomic E-state index is 14.2.